The molecule has 25 heavy (non-hydrogen) atoms. The lowest BCUT2D eigenvalue weighted by atomic mass is 10.1. The molecular weight excluding hydrogens is 352 g/mol. The summed E-state index contributed by atoms with van der Waals surface area (Å²) in [6, 6.07) is 6.07. The minimum Gasteiger partial charge on any atom is -0.495 e. The third kappa shape index (κ3) is 4.67. The first-order valence-corrected chi connectivity index (χ1v) is 8.95. The predicted octanol–water partition coefficient (Wildman–Crippen LogP) is 2.95. The fourth-order valence-electron chi connectivity index (χ4n) is 2.14. The van der Waals surface area contributed by atoms with Crippen molar-refractivity contribution in [2.24, 2.45) is 0 Å². The first-order chi connectivity index (χ1) is 11.7. The Hall–Kier alpha value is -2.19. The summed E-state index contributed by atoms with van der Waals surface area (Å²) in [5.74, 6) is -1.48. The summed E-state index contributed by atoms with van der Waals surface area (Å²) >= 11 is 0. The van der Waals surface area contributed by atoms with Crippen LogP contribution in [0.4, 0.5) is 8.78 Å². The second-order valence-corrected chi connectivity index (χ2v) is 7.14. The lowest BCUT2D eigenvalue weighted by Gasteiger charge is -2.13. The molecule has 1 N–H and O–H groups in total. The zero-order valence-corrected chi connectivity index (χ0v) is 14.9. The Morgan fingerprint density at radius 1 is 1.04 bits per heavy atom. The molecular formula is C17H19F2NO4S. The highest BCUT2D eigenvalue weighted by atomic mass is 32.2. The molecule has 0 bridgehead atoms. The molecule has 8 heteroatoms. The number of rotatable bonds is 7. The molecule has 5 nitrogen and oxygen atoms in total. The number of aryl methyl sites for hydroxylation is 2. The molecule has 0 saturated carbocycles. The minimum atomic E-state index is -3.82. The van der Waals surface area contributed by atoms with E-state index < -0.39 is 21.7 Å². The van der Waals surface area contributed by atoms with Gasteiger partial charge in [0.25, 0.3) is 0 Å². The summed E-state index contributed by atoms with van der Waals surface area (Å²) in [5.41, 5.74) is 1.72. The van der Waals surface area contributed by atoms with Crippen molar-refractivity contribution in [2.45, 2.75) is 18.7 Å². The van der Waals surface area contributed by atoms with Crippen LogP contribution in [0.3, 0.4) is 0 Å². The number of methoxy groups -OCH3 is 1. The Kier molecular flexibility index (Phi) is 5.97. The van der Waals surface area contributed by atoms with E-state index in [1.165, 1.54) is 13.2 Å². The number of halogens is 2. The van der Waals surface area contributed by atoms with Gasteiger partial charge in [0.05, 0.1) is 7.11 Å². The second-order valence-electron chi connectivity index (χ2n) is 5.41. The fourth-order valence-corrected chi connectivity index (χ4v) is 3.39. The van der Waals surface area contributed by atoms with Gasteiger partial charge in [-0.2, -0.15) is 0 Å². The van der Waals surface area contributed by atoms with Crippen molar-refractivity contribution in [2.75, 3.05) is 20.3 Å². The maximum atomic E-state index is 13.4. The number of hydrogen-bond donors (Lipinski definition) is 1. The van der Waals surface area contributed by atoms with E-state index in [1.807, 2.05) is 6.92 Å². The van der Waals surface area contributed by atoms with Crippen LogP contribution in [0.25, 0.3) is 0 Å². The van der Waals surface area contributed by atoms with Gasteiger partial charge in [-0.25, -0.2) is 21.9 Å². The predicted molar refractivity (Wildman–Crippen MR) is 89.5 cm³/mol. The van der Waals surface area contributed by atoms with Crippen molar-refractivity contribution >= 4 is 10.0 Å². The molecule has 0 spiro atoms. The van der Waals surface area contributed by atoms with Gasteiger partial charge in [0.2, 0.25) is 10.0 Å². The summed E-state index contributed by atoms with van der Waals surface area (Å²) in [7, 11) is -2.43. The van der Waals surface area contributed by atoms with Crippen molar-refractivity contribution < 1.29 is 26.7 Å². The van der Waals surface area contributed by atoms with Crippen LogP contribution in [0, 0.1) is 25.5 Å². The summed E-state index contributed by atoms with van der Waals surface area (Å²) in [6.07, 6.45) is 0. The minimum absolute atomic E-state index is 0.0195. The number of hydrogen-bond acceptors (Lipinski definition) is 4. The third-order valence-corrected chi connectivity index (χ3v) is 5.10. The van der Waals surface area contributed by atoms with Crippen LogP contribution < -0.4 is 14.2 Å². The number of ether oxygens (including phenoxy) is 2. The Bertz CT molecular complexity index is 869. The standard InChI is InChI=1S/C17H19F2NO4S/c1-11-8-16(23-3)17(9-12(11)2)25(21,22)20-6-7-24-15-5-4-13(18)10-14(15)19/h4-5,8-10,20H,6-7H2,1-3H3. The highest BCUT2D eigenvalue weighted by molar-refractivity contribution is 7.89. The van der Waals surface area contributed by atoms with E-state index in [9.17, 15) is 17.2 Å². The lowest BCUT2D eigenvalue weighted by Crippen LogP contribution is -2.28. The van der Waals surface area contributed by atoms with E-state index in [0.29, 0.717) is 6.07 Å². The van der Waals surface area contributed by atoms with Gasteiger partial charge in [-0.05, 0) is 49.2 Å². The van der Waals surface area contributed by atoms with Gasteiger partial charge in [-0.3, -0.25) is 0 Å². The molecule has 0 atom stereocenters. The highest BCUT2D eigenvalue weighted by Crippen LogP contribution is 2.27. The van der Waals surface area contributed by atoms with E-state index in [-0.39, 0.29) is 29.5 Å². The average molecular weight is 371 g/mol. The van der Waals surface area contributed by atoms with Crippen LogP contribution in [-0.2, 0) is 10.0 Å². The van der Waals surface area contributed by atoms with Gasteiger partial charge in [-0.15, -0.1) is 0 Å². The zero-order valence-electron chi connectivity index (χ0n) is 14.1. The van der Waals surface area contributed by atoms with Crippen LogP contribution in [0.2, 0.25) is 0 Å². The maximum Gasteiger partial charge on any atom is 0.244 e. The number of benzene rings is 2. The molecule has 0 aliphatic heterocycles. The van der Waals surface area contributed by atoms with E-state index in [0.717, 1.165) is 23.3 Å². The Morgan fingerprint density at radius 3 is 2.36 bits per heavy atom. The van der Waals surface area contributed by atoms with E-state index in [2.05, 4.69) is 4.72 Å². The van der Waals surface area contributed by atoms with Crippen molar-refractivity contribution in [3.8, 4) is 11.5 Å². The van der Waals surface area contributed by atoms with Crippen LogP contribution in [0.1, 0.15) is 11.1 Å². The normalized spacial score (nSPS) is 11.4. The van der Waals surface area contributed by atoms with Crippen LogP contribution in [0.15, 0.2) is 35.2 Å². The SMILES string of the molecule is COc1cc(C)c(C)cc1S(=O)(=O)NCCOc1ccc(F)cc1F. The van der Waals surface area contributed by atoms with Crippen molar-refractivity contribution in [3.05, 3.63) is 53.1 Å². The zero-order chi connectivity index (χ0) is 18.6. The summed E-state index contributed by atoms with van der Waals surface area (Å²) < 4.78 is 63.7. The molecule has 0 unspecified atom stereocenters. The van der Waals surface area contributed by atoms with Crippen LogP contribution in [0.5, 0.6) is 11.5 Å². The molecule has 0 saturated heterocycles. The van der Waals surface area contributed by atoms with E-state index in [1.54, 1.807) is 13.0 Å². The van der Waals surface area contributed by atoms with Crippen molar-refractivity contribution in [3.63, 3.8) is 0 Å². The van der Waals surface area contributed by atoms with Crippen LogP contribution >= 0.6 is 0 Å². The smallest absolute Gasteiger partial charge is 0.244 e. The monoisotopic (exact) mass is 371 g/mol. The summed E-state index contributed by atoms with van der Waals surface area (Å²) in [5, 5.41) is 0. The maximum absolute atomic E-state index is 13.4. The lowest BCUT2D eigenvalue weighted by molar-refractivity contribution is 0.305. The molecule has 2 aromatic carbocycles. The molecule has 136 valence electrons. The molecule has 0 heterocycles. The Morgan fingerprint density at radius 2 is 1.72 bits per heavy atom. The largest absolute Gasteiger partial charge is 0.495 e. The first kappa shape index (κ1) is 19.1. The molecule has 2 rings (SSSR count). The van der Waals surface area contributed by atoms with Gasteiger partial charge in [0.1, 0.15) is 23.1 Å². The van der Waals surface area contributed by atoms with Crippen LogP contribution in [-0.4, -0.2) is 28.7 Å². The molecule has 0 aliphatic carbocycles. The summed E-state index contributed by atoms with van der Waals surface area (Å²) in [4.78, 5) is 0.0195. The number of nitrogens with one attached hydrogen (secondary N) is 1. The molecule has 0 aliphatic rings. The second kappa shape index (κ2) is 7.79. The van der Waals surface area contributed by atoms with Gasteiger partial charge < -0.3 is 9.47 Å². The van der Waals surface area contributed by atoms with Gasteiger partial charge in [-0.1, -0.05) is 0 Å². The van der Waals surface area contributed by atoms with E-state index >= 15 is 0 Å². The van der Waals surface area contributed by atoms with Gasteiger partial charge in [0, 0.05) is 12.6 Å². The van der Waals surface area contributed by atoms with Gasteiger partial charge >= 0.3 is 0 Å². The molecule has 0 radical (unpaired) electrons. The third-order valence-electron chi connectivity index (χ3n) is 3.62. The highest BCUT2D eigenvalue weighted by Gasteiger charge is 2.20. The molecule has 2 aromatic rings. The average Bonchev–Trinajstić information content (AvgIpc) is 2.55. The molecule has 0 aromatic heterocycles. The van der Waals surface area contributed by atoms with Gasteiger partial charge in [0.15, 0.2) is 11.6 Å². The number of sulfonamides is 1. The Labute approximate surface area is 145 Å². The fraction of sp³-hybridized carbons (Fsp3) is 0.294. The Balaban J connectivity index is 2.03. The van der Waals surface area contributed by atoms with E-state index in [4.69, 9.17) is 9.47 Å². The quantitative estimate of drug-likeness (QED) is 0.760. The van der Waals surface area contributed by atoms with Crippen molar-refractivity contribution in [1.82, 2.24) is 4.72 Å². The molecule has 0 amide bonds. The topological polar surface area (TPSA) is 64.6 Å². The van der Waals surface area contributed by atoms with Crippen molar-refractivity contribution in [1.29, 1.82) is 0 Å². The molecule has 0 fully saturated rings. The first-order valence-electron chi connectivity index (χ1n) is 7.47. The summed E-state index contributed by atoms with van der Waals surface area (Å²) in [6.45, 7) is 3.45.